The molecule has 0 radical (unpaired) electrons. The van der Waals surface area contributed by atoms with Gasteiger partial charge < -0.3 is 10.1 Å². The molecule has 8 heteroatoms. The Kier molecular flexibility index (Phi) is 6.05. The molecule has 0 fully saturated rings. The smallest absolute Gasteiger partial charge is 0.273 e. The number of benzene rings is 2. The van der Waals surface area contributed by atoms with Crippen molar-refractivity contribution in [3.05, 3.63) is 65.5 Å². The Morgan fingerprint density at radius 3 is 2.24 bits per heavy atom. The van der Waals surface area contributed by atoms with E-state index in [0.717, 1.165) is 6.07 Å². The zero-order valence-electron chi connectivity index (χ0n) is 13.3. The number of ether oxygens (including phenoxy) is 1. The molecule has 0 aliphatic rings. The fourth-order valence-corrected chi connectivity index (χ4v) is 1.97. The summed E-state index contributed by atoms with van der Waals surface area (Å²) in [5, 5.41) is 2.26. The van der Waals surface area contributed by atoms with Gasteiger partial charge in [-0.25, -0.2) is 4.39 Å². The molecule has 0 saturated carbocycles. The van der Waals surface area contributed by atoms with E-state index in [4.69, 9.17) is 4.74 Å². The summed E-state index contributed by atoms with van der Waals surface area (Å²) >= 11 is 0. The Morgan fingerprint density at radius 1 is 0.920 bits per heavy atom. The SMILES string of the molecule is COc1ccccc1C(=O)NNC(=O)CNC(=O)c1ccccc1F. The second-order valence-electron chi connectivity index (χ2n) is 4.87. The number of para-hydroxylation sites is 1. The number of halogens is 1. The minimum Gasteiger partial charge on any atom is -0.496 e. The highest BCUT2D eigenvalue weighted by molar-refractivity contribution is 5.99. The standard InChI is InChI=1S/C17H16FN3O4/c1-25-14-9-5-3-7-12(14)17(24)21-20-15(22)10-19-16(23)11-6-2-4-8-13(11)18/h2-9H,10H2,1H3,(H,19,23)(H,20,22)(H,21,24). The van der Waals surface area contributed by atoms with Crippen LogP contribution in [0.1, 0.15) is 20.7 Å². The maximum atomic E-state index is 13.4. The van der Waals surface area contributed by atoms with Crippen LogP contribution in [0.3, 0.4) is 0 Å². The Morgan fingerprint density at radius 2 is 1.56 bits per heavy atom. The van der Waals surface area contributed by atoms with Gasteiger partial charge in [-0.2, -0.15) is 0 Å². The molecule has 2 aromatic rings. The van der Waals surface area contributed by atoms with E-state index >= 15 is 0 Å². The molecular formula is C17H16FN3O4. The van der Waals surface area contributed by atoms with Crippen molar-refractivity contribution >= 4 is 17.7 Å². The molecule has 3 amide bonds. The molecule has 0 bridgehead atoms. The molecule has 0 heterocycles. The van der Waals surface area contributed by atoms with E-state index < -0.39 is 30.1 Å². The average Bonchev–Trinajstić information content (AvgIpc) is 2.64. The topological polar surface area (TPSA) is 96.5 Å². The van der Waals surface area contributed by atoms with Gasteiger partial charge in [0.05, 0.1) is 24.8 Å². The van der Waals surface area contributed by atoms with Gasteiger partial charge in [0.1, 0.15) is 11.6 Å². The van der Waals surface area contributed by atoms with Crippen molar-refractivity contribution in [3.8, 4) is 5.75 Å². The van der Waals surface area contributed by atoms with Crippen LogP contribution in [0.2, 0.25) is 0 Å². The lowest BCUT2D eigenvalue weighted by molar-refractivity contribution is -0.120. The number of carbonyl (C=O) groups is 3. The summed E-state index contributed by atoms with van der Waals surface area (Å²) in [7, 11) is 1.42. The van der Waals surface area contributed by atoms with Gasteiger partial charge in [-0.1, -0.05) is 24.3 Å². The number of hydrogen-bond acceptors (Lipinski definition) is 4. The summed E-state index contributed by atoms with van der Waals surface area (Å²) in [6, 6.07) is 11.9. The van der Waals surface area contributed by atoms with E-state index in [9.17, 15) is 18.8 Å². The largest absolute Gasteiger partial charge is 0.496 e. The monoisotopic (exact) mass is 345 g/mol. The first-order valence-electron chi connectivity index (χ1n) is 7.28. The highest BCUT2D eigenvalue weighted by Crippen LogP contribution is 2.16. The van der Waals surface area contributed by atoms with E-state index in [1.165, 1.54) is 31.4 Å². The summed E-state index contributed by atoms with van der Waals surface area (Å²) in [4.78, 5) is 35.5. The zero-order valence-corrected chi connectivity index (χ0v) is 13.3. The third-order valence-electron chi connectivity index (χ3n) is 3.20. The van der Waals surface area contributed by atoms with E-state index in [1.807, 2.05) is 0 Å². The summed E-state index contributed by atoms with van der Waals surface area (Å²) in [5.41, 5.74) is 4.42. The molecule has 0 aromatic heterocycles. The van der Waals surface area contributed by atoms with Crippen molar-refractivity contribution in [2.75, 3.05) is 13.7 Å². The molecule has 130 valence electrons. The molecular weight excluding hydrogens is 329 g/mol. The summed E-state index contributed by atoms with van der Waals surface area (Å²) in [5.74, 6) is -2.32. The van der Waals surface area contributed by atoms with Crippen LogP contribution in [0.4, 0.5) is 4.39 Å². The number of hydrogen-bond donors (Lipinski definition) is 3. The molecule has 0 aliphatic heterocycles. The van der Waals surface area contributed by atoms with Gasteiger partial charge >= 0.3 is 0 Å². The fraction of sp³-hybridized carbons (Fsp3) is 0.118. The van der Waals surface area contributed by atoms with Crippen molar-refractivity contribution < 1.29 is 23.5 Å². The number of amides is 3. The minimum absolute atomic E-state index is 0.173. The quantitative estimate of drug-likeness (QED) is 0.705. The summed E-state index contributed by atoms with van der Waals surface area (Å²) < 4.78 is 18.5. The number of carbonyl (C=O) groups excluding carboxylic acids is 3. The van der Waals surface area contributed by atoms with Crippen molar-refractivity contribution in [1.29, 1.82) is 0 Å². The molecule has 7 nitrogen and oxygen atoms in total. The lowest BCUT2D eigenvalue weighted by Crippen LogP contribution is -2.46. The Hall–Kier alpha value is -3.42. The van der Waals surface area contributed by atoms with Crippen LogP contribution in [0.5, 0.6) is 5.75 Å². The van der Waals surface area contributed by atoms with E-state index in [2.05, 4.69) is 16.2 Å². The van der Waals surface area contributed by atoms with E-state index in [0.29, 0.717) is 5.75 Å². The normalized spacial score (nSPS) is 9.84. The minimum atomic E-state index is -0.732. The van der Waals surface area contributed by atoms with Gasteiger partial charge in [0, 0.05) is 0 Å². The molecule has 0 aliphatic carbocycles. The molecule has 0 atom stereocenters. The Labute approximate surface area is 143 Å². The molecule has 3 N–H and O–H groups in total. The van der Waals surface area contributed by atoms with Crippen LogP contribution >= 0.6 is 0 Å². The zero-order chi connectivity index (χ0) is 18.2. The number of methoxy groups -OCH3 is 1. The van der Waals surface area contributed by atoms with Crippen LogP contribution in [0, 0.1) is 5.82 Å². The molecule has 0 unspecified atom stereocenters. The summed E-state index contributed by atoms with van der Waals surface area (Å²) in [6.45, 7) is -0.431. The molecule has 25 heavy (non-hydrogen) atoms. The maximum Gasteiger partial charge on any atom is 0.273 e. The highest BCUT2D eigenvalue weighted by atomic mass is 19.1. The van der Waals surface area contributed by atoms with Gasteiger partial charge in [-0.15, -0.1) is 0 Å². The molecule has 0 saturated heterocycles. The number of hydrazine groups is 1. The van der Waals surface area contributed by atoms with Crippen LogP contribution < -0.4 is 20.9 Å². The van der Waals surface area contributed by atoms with Crippen molar-refractivity contribution in [2.24, 2.45) is 0 Å². The van der Waals surface area contributed by atoms with Gasteiger partial charge in [0.15, 0.2) is 0 Å². The van der Waals surface area contributed by atoms with E-state index in [-0.39, 0.29) is 11.1 Å². The summed E-state index contributed by atoms with van der Waals surface area (Å²) in [6.07, 6.45) is 0. The average molecular weight is 345 g/mol. The second-order valence-corrected chi connectivity index (χ2v) is 4.87. The lowest BCUT2D eigenvalue weighted by Gasteiger charge is -2.10. The van der Waals surface area contributed by atoms with Gasteiger partial charge in [0.25, 0.3) is 17.7 Å². The first kappa shape index (κ1) is 17.9. The van der Waals surface area contributed by atoms with Gasteiger partial charge in [-0.3, -0.25) is 25.2 Å². The van der Waals surface area contributed by atoms with Crippen LogP contribution in [-0.2, 0) is 4.79 Å². The van der Waals surface area contributed by atoms with Crippen LogP contribution in [0.15, 0.2) is 48.5 Å². The third-order valence-corrected chi connectivity index (χ3v) is 3.20. The second kappa shape index (κ2) is 8.44. The maximum absolute atomic E-state index is 13.4. The highest BCUT2D eigenvalue weighted by Gasteiger charge is 2.14. The third kappa shape index (κ3) is 4.77. The van der Waals surface area contributed by atoms with Crippen LogP contribution in [-0.4, -0.2) is 31.4 Å². The predicted molar refractivity (Wildman–Crippen MR) is 87.3 cm³/mol. The van der Waals surface area contributed by atoms with Crippen LogP contribution in [0.25, 0.3) is 0 Å². The number of rotatable bonds is 5. The Balaban J connectivity index is 1.84. The Bertz CT molecular complexity index is 795. The predicted octanol–water partition coefficient (Wildman–Crippen LogP) is 1.03. The first-order chi connectivity index (χ1) is 12.0. The van der Waals surface area contributed by atoms with E-state index in [1.54, 1.807) is 18.2 Å². The van der Waals surface area contributed by atoms with Crippen molar-refractivity contribution in [2.45, 2.75) is 0 Å². The molecule has 0 spiro atoms. The van der Waals surface area contributed by atoms with Crippen molar-refractivity contribution in [1.82, 2.24) is 16.2 Å². The lowest BCUT2D eigenvalue weighted by atomic mass is 10.2. The number of nitrogens with one attached hydrogen (secondary N) is 3. The fourth-order valence-electron chi connectivity index (χ4n) is 1.97. The van der Waals surface area contributed by atoms with Gasteiger partial charge in [-0.05, 0) is 24.3 Å². The first-order valence-corrected chi connectivity index (χ1v) is 7.28. The van der Waals surface area contributed by atoms with Crippen molar-refractivity contribution in [3.63, 3.8) is 0 Å². The molecule has 2 rings (SSSR count). The van der Waals surface area contributed by atoms with Gasteiger partial charge in [0.2, 0.25) is 0 Å². The molecule has 2 aromatic carbocycles.